The highest BCUT2D eigenvalue weighted by atomic mass is 32.2. The summed E-state index contributed by atoms with van der Waals surface area (Å²) in [5.74, 6) is 0. The summed E-state index contributed by atoms with van der Waals surface area (Å²) >= 11 is 0. The number of nitrogens with one attached hydrogen (secondary N) is 2. The third-order valence-corrected chi connectivity index (χ3v) is 12.3. The van der Waals surface area contributed by atoms with Crippen molar-refractivity contribution in [3.63, 3.8) is 0 Å². The number of halogens is 6. The minimum atomic E-state index is -4.75. The Balaban J connectivity index is 0.000000186. The summed E-state index contributed by atoms with van der Waals surface area (Å²) in [4.78, 5) is 7.58. The molecule has 2 heterocycles. The second-order valence-electron chi connectivity index (χ2n) is 14.1. The molecule has 0 saturated carbocycles. The molecule has 2 N–H and O–H groups in total. The molecule has 316 valence electrons. The Bertz CT molecular complexity index is 2920. The van der Waals surface area contributed by atoms with E-state index in [0.717, 1.165) is 23.3 Å². The maximum Gasteiger partial charge on any atom is 0.433 e. The zero-order chi connectivity index (χ0) is 44.5. The van der Waals surface area contributed by atoms with Crippen LogP contribution in [0.2, 0.25) is 0 Å². The molecule has 0 aliphatic heterocycles. The fourth-order valence-corrected chi connectivity index (χ4v) is 8.64. The molecule has 16 heteroatoms. The molecule has 8 rings (SSSR count). The first-order chi connectivity index (χ1) is 29.3. The van der Waals surface area contributed by atoms with Crippen molar-refractivity contribution in [2.75, 3.05) is 9.44 Å². The lowest BCUT2D eigenvalue weighted by molar-refractivity contribution is -0.141. The van der Waals surface area contributed by atoms with Crippen LogP contribution in [0.3, 0.4) is 0 Å². The second kappa shape index (κ2) is 16.9. The third kappa shape index (κ3) is 9.56. The van der Waals surface area contributed by atoms with E-state index in [2.05, 4.69) is 19.4 Å². The SMILES string of the molecule is Cc1ccc(S(=O)(=O)Nc2cc(C(F)(F)F)nc3c(-c4ccccc4)cccc23)cc1.Cc1ccc(S(=O)(=O)Nc2cc(C(F)(F)F)nc3c(-c4ccccc4)cccc23)cc1. The smallest absolute Gasteiger partial charge is 0.279 e. The first-order valence-corrected chi connectivity index (χ1v) is 21.6. The zero-order valence-electron chi connectivity index (χ0n) is 32.6. The summed E-state index contributed by atoms with van der Waals surface area (Å²) in [6.45, 7) is 3.61. The zero-order valence-corrected chi connectivity index (χ0v) is 34.3. The molecule has 8 nitrogen and oxygen atoms in total. The molecule has 0 radical (unpaired) electrons. The van der Waals surface area contributed by atoms with Crippen LogP contribution in [0, 0.1) is 13.8 Å². The van der Waals surface area contributed by atoms with Crippen molar-refractivity contribution in [1.82, 2.24) is 9.97 Å². The molecule has 0 aliphatic rings. The summed E-state index contributed by atoms with van der Waals surface area (Å²) < 4.78 is 138. The number of benzene rings is 6. The molecule has 0 unspecified atom stereocenters. The Labute approximate surface area is 353 Å². The number of pyridine rings is 2. The molecule has 0 spiro atoms. The fraction of sp³-hybridized carbons (Fsp3) is 0.0870. The summed E-state index contributed by atoms with van der Waals surface area (Å²) in [6, 6.07) is 40.9. The van der Waals surface area contributed by atoms with E-state index in [1.165, 1.54) is 24.3 Å². The molecular weight excluding hydrogens is 851 g/mol. The lowest BCUT2D eigenvalue weighted by atomic mass is 10.0. The van der Waals surface area contributed by atoms with Crippen molar-refractivity contribution in [3.05, 3.63) is 180 Å². The summed E-state index contributed by atoms with van der Waals surface area (Å²) in [6.07, 6.45) is -9.50. The minimum absolute atomic E-state index is 0.0455. The molecule has 8 aromatic rings. The molecule has 0 bridgehead atoms. The number of aryl methyl sites for hydroxylation is 2. The van der Waals surface area contributed by atoms with Crippen molar-refractivity contribution in [3.8, 4) is 22.3 Å². The lowest BCUT2D eigenvalue weighted by Crippen LogP contribution is -2.15. The van der Waals surface area contributed by atoms with Gasteiger partial charge in [0.2, 0.25) is 0 Å². The molecule has 62 heavy (non-hydrogen) atoms. The predicted octanol–water partition coefficient (Wildman–Crippen LogP) is 12.1. The van der Waals surface area contributed by atoms with Gasteiger partial charge in [-0.05, 0) is 61.4 Å². The summed E-state index contributed by atoms with van der Waals surface area (Å²) in [7, 11) is -8.21. The van der Waals surface area contributed by atoms with Crippen LogP contribution in [0.15, 0.2) is 168 Å². The van der Waals surface area contributed by atoms with Crippen LogP contribution in [-0.4, -0.2) is 26.8 Å². The Hall–Kier alpha value is -6.78. The lowest BCUT2D eigenvalue weighted by Gasteiger charge is -2.16. The van der Waals surface area contributed by atoms with Gasteiger partial charge in [0.1, 0.15) is 11.4 Å². The van der Waals surface area contributed by atoms with Crippen LogP contribution in [-0.2, 0) is 32.4 Å². The second-order valence-corrected chi connectivity index (χ2v) is 17.4. The molecule has 0 aliphatic carbocycles. The number of para-hydroxylation sites is 2. The Kier molecular flexibility index (Phi) is 11.8. The van der Waals surface area contributed by atoms with Crippen molar-refractivity contribution < 1.29 is 43.2 Å². The minimum Gasteiger partial charge on any atom is -0.279 e. The van der Waals surface area contributed by atoms with E-state index in [4.69, 9.17) is 0 Å². The van der Waals surface area contributed by atoms with Gasteiger partial charge in [-0.3, -0.25) is 9.44 Å². The number of alkyl halides is 6. The standard InChI is InChI=1S/2C23H17F3N2O2S/c2*1-15-10-12-17(13-11-15)31(29,30)28-20-14-21(23(24,25)26)27-22-18(8-5-9-19(20)22)16-6-3-2-4-7-16/h2*2-14H,1H3,(H,27,28). The van der Waals surface area contributed by atoms with Gasteiger partial charge in [-0.1, -0.05) is 132 Å². The van der Waals surface area contributed by atoms with E-state index < -0.39 is 43.8 Å². The van der Waals surface area contributed by atoms with Crippen molar-refractivity contribution in [2.24, 2.45) is 0 Å². The molecule has 2 aromatic heterocycles. The highest BCUT2D eigenvalue weighted by Gasteiger charge is 2.35. The normalized spacial score (nSPS) is 12.1. The van der Waals surface area contributed by atoms with Gasteiger partial charge in [0.25, 0.3) is 20.0 Å². The van der Waals surface area contributed by atoms with Crippen LogP contribution in [0.25, 0.3) is 44.1 Å². The maximum atomic E-state index is 13.6. The van der Waals surface area contributed by atoms with E-state index in [0.29, 0.717) is 22.3 Å². The van der Waals surface area contributed by atoms with Crippen LogP contribution in [0.5, 0.6) is 0 Å². The number of aromatic nitrogens is 2. The van der Waals surface area contributed by atoms with Crippen molar-refractivity contribution in [2.45, 2.75) is 36.0 Å². The van der Waals surface area contributed by atoms with Gasteiger partial charge in [-0.25, -0.2) is 26.8 Å². The summed E-state index contributed by atoms with van der Waals surface area (Å²) in [5.41, 5.74) is 1.41. The van der Waals surface area contributed by atoms with Gasteiger partial charge in [-0.15, -0.1) is 0 Å². The molecule has 0 saturated heterocycles. The van der Waals surface area contributed by atoms with E-state index in [1.54, 1.807) is 135 Å². The molecule has 0 fully saturated rings. The first kappa shape index (κ1) is 43.3. The van der Waals surface area contributed by atoms with Gasteiger partial charge in [0.05, 0.1) is 32.2 Å². The van der Waals surface area contributed by atoms with Crippen LogP contribution < -0.4 is 9.44 Å². The molecular formula is C46H34F6N4O4S2. The number of rotatable bonds is 8. The molecule has 0 atom stereocenters. The number of hydrogen-bond acceptors (Lipinski definition) is 6. The topological polar surface area (TPSA) is 118 Å². The number of anilines is 2. The van der Waals surface area contributed by atoms with E-state index in [9.17, 15) is 43.2 Å². The predicted molar refractivity (Wildman–Crippen MR) is 228 cm³/mol. The maximum absolute atomic E-state index is 13.6. The number of fused-ring (bicyclic) bond motifs is 2. The molecule has 6 aromatic carbocycles. The van der Waals surface area contributed by atoms with Gasteiger partial charge in [-0.2, -0.15) is 26.3 Å². The third-order valence-electron chi connectivity index (χ3n) is 9.58. The van der Waals surface area contributed by atoms with Gasteiger partial charge >= 0.3 is 12.4 Å². The Morgan fingerprint density at radius 2 is 0.774 bits per heavy atom. The van der Waals surface area contributed by atoms with Gasteiger partial charge in [0, 0.05) is 21.9 Å². The highest BCUT2D eigenvalue weighted by molar-refractivity contribution is 7.93. The number of sulfonamides is 2. The Morgan fingerprint density at radius 1 is 0.435 bits per heavy atom. The monoisotopic (exact) mass is 884 g/mol. The Morgan fingerprint density at radius 3 is 1.10 bits per heavy atom. The van der Waals surface area contributed by atoms with Crippen LogP contribution >= 0.6 is 0 Å². The summed E-state index contributed by atoms with van der Waals surface area (Å²) in [5, 5.41) is 0.537. The van der Waals surface area contributed by atoms with Crippen molar-refractivity contribution in [1.29, 1.82) is 0 Å². The number of nitrogens with zero attached hydrogens (tertiary/aromatic N) is 2. The van der Waals surface area contributed by atoms with Crippen LogP contribution in [0.1, 0.15) is 22.5 Å². The van der Waals surface area contributed by atoms with E-state index in [1.807, 2.05) is 0 Å². The highest BCUT2D eigenvalue weighted by Crippen LogP contribution is 2.39. The van der Waals surface area contributed by atoms with Crippen molar-refractivity contribution >= 4 is 53.2 Å². The van der Waals surface area contributed by atoms with Gasteiger partial charge < -0.3 is 0 Å². The number of hydrogen-bond donors (Lipinski definition) is 2. The molecule has 0 amide bonds. The first-order valence-electron chi connectivity index (χ1n) is 18.6. The van der Waals surface area contributed by atoms with E-state index in [-0.39, 0.29) is 43.0 Å². The quantitative estimate of drug-likeness (QED) is 0.147. The largest absolute Gasteiger partial charge is 0.433 e. The van der Waals surface area contributed by atoms with Gasteiger partial charge in [0.15, 0.2) is 0 Å². The average molecular weight is 885 g/mol. The van der Waals surface area contributed by atoms with E-state index >= 15 is 0 Å². The average Bonchev–Trinajstić information content (AvgIpc) is 3.23. The fourth-order valence-electron chi connectivity index (χ4n) is 6.50. The van der Waals surface area contributed by atoms with Crippen LogP contribution in [0.4, 0.5) is 37.7 Å².